The van der Waals surface area contributed by atoms with Crippen LogP contribution in [0.15, 0.2) is 47.1 Å². The van der Waals surface area contributed by atoms with Gasteiger partial charge in [-0.1, -0.05) is 23.7 Å². The summed E-state index contributed by atoms with van der Waals surface area (Å²) in [5.74, 6) is 0.699. The first-order valence-corrected chi connectivity index (χ1v) is 8.53. The van der Waals surface area contributed by atoms with E-state index < -0.39 is 0 Å². The van der Waals surface area contributed by atoms with E-state index in [0.717, 1.165) is 39.8 Å². The average Bonchev–Trinajstić information content (AvgIpc) is 2.96. The summed E-state index contributed by atoms with van der Waals surface area (Å²) in [5.41, 5.74) is 3.91. The van der Waals surface area contributed by atoms with E-state index in [2.05, 4.69) is 5.32 Å². The van der Waals surface area contributed by atoms with Gasteiger partial charge in [-0.2, -0.15) is 0 Å². The fourth-order valence-corrected chi connectivity index (χ4v) is 2.94. The SMILES string of the molecule is CC(=O)NCCc1coc2cc(OCc3ccc(C)cc3Cl)ccc12. The number of nitrogens with one attached hydrogen (secondary N) is 1. The van der Waals surface area contributed by atoms with Gasteiger partial charge in [0.05, 0.1) is 6.26 Å². The second kappa shape index (κ2) is 7.62. The third kappa shape index (κ3) is 4.34. The molecule has 2 aromatic carbocycles. The maximum atomic E-state index is 11.0. The van der Waals surface area contributed by atoms with Crippen LogP contribution in [0.5, 0.6) is 5.75 Å². The molecule has 0 saturated carbocycles. The van der Waals surface area contributed by atoms with E-state index in [1.165, 1.54) is 6.92 Å². The molecule has 1 heterocycles. The van der Waals surface area contributed by atoms with Gasteiger partial charge in [0, 0.05) is 35.5 Å². The first-order chi connectivity index (χ1) is 12.0. The standard InChI is InChI=1S/C20H20ClNO3/c1-13-3-4-16(19(21)9-13)12-24-17-5-6-18-15(7-8-22-14(2)23)11-25-20(18)10-17/h3-6,9-11H,7-8,12H2,1-2H3,(H,22,23). The van der Waals surface area contributed by atoms with Gasteiger partial charge >= 0.3 is 0 Å². The van der Waals surface area contributed by atoms with E-state index >= 15 is 0 Å². The van der Waals surface area contributed by atoms with Crippen molar-refractivity contribution in [2.24, 2.45) is 0 Å². The number of carbonyl (C=O) groups excluding carboxylic acids is 1. The van der Waals surface area contributed by atoms with Crippen LogP contribution in [-0.2, 0) is 17.8 Å². The first kappa shape index (κ1) is 17.4. The number of furan rings is 1. The number of hydrogen-bond donors (Lipinski definition) is 1. The maximum absolute atomic E-state index is 11.0. The zero-order chi connectivity index (χ0) is 17.8. The Balaban J connectivity index is 1.68. The molecule has 0 atom stereocenters. The van der Waals surface area contributed by atoms with Gasteiger partial charge in [0.2, 0.25) is 5.91 Å². The Bertz CT molecular complexity index is 901. The fraction of sp³-hybridized carbons (Fsp3) is 0.250. The van der Waals surface area contributed by atoms with Gasteiger partial charge in [-0.25, -0.2) is 0 Å². The number of amides is 1. The van der Waals surface area contributed by atoms with Crippen molar-refractivity contribution in [1.29, 1.82) is 0 Å². The Kier molecular flexibility index (Phi) is 5.29. The van der Waals surface area contributed by atoms with Crippen molar-refractivity contribution in [3.63, 3.8) is 0 Å². The molecule has 1 N–H and O–H groups in total. The van der Waals surface area contributed by atoms with Gasteiger partial charge in [-0.15, -0.1) is 0 Å². The Hall–Kier alpha value is -2.46. The Morgan fingerprint density at radius 1 is 1.20 bits per heavy atom. The molecule has 0 spiro atoms. The van der Waals surface area contributed by atoms with Crippen LogP contribution >= 0.6 is 11.6 Å². The predicted molar refractivity (Wildman–Crippen MR) is 99.1 cm³/mol. The lowest BCUT2D eigenvalue weighted by molar-refractivity contribution is -0.118. The average molecular weight is 358 g/mol. The van der Waals surface area contributed by atoms with E-state index in [1.54, 1.807) is 6.26 Å². The van der Waals surface area contributed by atoms with Gasteiger partial charge in [-0.3, -0.25) is 4.79 Å². The molecular formula is C20H20ClNO3. The molecule has 0 unspecified atom stereocenters. The van der Waals surface area contributed by atoms with Crippen molar-refractivity contribution in [2.45, 2.75) is 26.9 Å². The van der Waals surface area contributed by atoms with Crippen LogP contribution in [0.2, 0.25) is 5.02 Å². The fourth-order valence-electron chi connectivity index (χ4n) is 2.65. The van der Waals surface area contributed by atoms with E-state index in [1.807, 2.05) is 43.3 Å². The second-order valence-corrected chi connectivity index (χ2v) is 6.44. The quantitative estimate of drug-likeness (QED) is 0.698. The highest BCUT2D eigenvalue weighted by Crippen LogP contribution is 2.27. The number of halogens is 1. The first-order valence-electron chi connectivity index (χ1n) is 8.15. The smallest absolute Gasteiger partial charge is 0.216 e. The van der Waals surface area contributed by atoms with Crippen molar-refractivity contribution in [2.75, 3.05) is 6.54 Å². The van der Waals surface area contributed by atoms with Crippen LogP contribution in [0.1, 0.15) is 23.6 Å². The molecule has 130 valence electrons. The van der Waals surface area contributed by atoms with Gasteiger partial charge in [-0.05, 0) is 42.7 Å². The summed E-state index contributed by atoms with van der Waals surface area (Å²) in [4.78, 5) is 11.0. The highest BCUT2D eigenvalue weighted by atomic mass is 35.5. The van der Waals surface area contributed by atoms with Crippen molar-refractivity contribution < 1.29 is 13.9 Å². The number of ether oxygens (including phenoxy) is 1. The molecule has 3 rings (SSSR count). The molecule has 0 saturated heterocycles. The second-order valence-electron chi connectivity index (χ2n) is 6.04. The summed E-state index contributed by atoms with van der Waals surface area (Å²) in [6.45, 7) is 4.51. The minimum absolute atomic E-state index is 0.0294. The third-order valence-corrected chi connectivity index (χ3v) is 4.35. The number of aryl methyl sites for hydroxylation is 1. The summed E-state index contributed by atoms with van der Waals surface area (Å²) in [6, 6.07) is 11.7. The van der Waals surface area contributed by atoms with E-state index in [4.69, 9.17) is 20.8 Å². The highest BCUT2D eigenvalue weighted by Gasteiger charge is 2.08. The molecule has 0 aliphatic carbocycles. The summed E-state index contributed by atoms with van der Waals surface area (Å²) >= 11 is 6.24. The van der Waals surface area contributed by atoms with Gasteiger partial charge < -0.3 is 14.5 Å². The predicted octanol–water partition coefficient (Wildman–Crippen LogP) is 4.65. The van der Waals surface area contributed by atoms with Crippen LogP contribution in [0.3, 0.4) is 0 Å². The summed E-state index contributed by atoms with van der Waals surface area (Å²) < 4.78 is 11.5. The third-order valence-electron chi connectivity index (χ3n) is 4.00. The van der Waals surface area contributed by atoms with Crippen molar-refractivity contribution in [1.82, 2.24) is 5.32 Å². The molecule has 0 fully saturated rings. The molecule has 4 nitrogen and oxygen atoms in total. The van der Waals surface area contributed by atoms with Crippen molar-refractivity contribution >= 4 is 28.5 Å². The Morgan fingerprint density at radius 2 is 2.04 bits per heavy atom. The minimum Gasteiger partial charge on any atom is -0.489 e. The monoisotopic (exact) mass is 357 g/mol. The summed E-state index contributed by atoms with van der Waals surface area (Å²) in [6.07, 6.45) is 2.46. The number of rotatable bonds is 6. The maximum Gasteiger partial charge on any atom is 0.216 e. The van der Waals surface area contributed by atoms with Crippen LogP contribution in [0.25, 0.3) is 11.0 Å². The van der Waals surface area contributed by atoms with Gasteiger partial charge in [0.1, 0.15) is 17.9 Å². The van der Waals surface area contributed by atoms with Crippen LogP contribution < -0.4 is 10.1 Å². The van der Waals surface area contributed by atoms with Gasteiger partial charge in [0.15, 0.2) is 0 Å². The van der Waals surface area contributed by atoms with Crippen LogP contribution in [-0.4, -0.2) is 12.5 Å². The lowest BCUT2D eigenvalue weighted by Gasteiger charge is -2.08. The molecule has 1 aromatic heterocycles. The lowest BCUT2D eigenvalue weighted by Crippen LogP contribution is -2.22. The normalized spacial score (nSPS) is 10.8. The molecule has 0 radical (unpaired) electrons. The Morgan fingerprint density at radius 3 is 2.80 bits per heavy atom. The zero-order valence-corrected chi connectivity index (χ0v) is 15.0. The Labute approximate surface area is 151 Å². The topological polar surface area (TPSA) is 51.5 Å². The lowest BCUT2D eigenvalue weighted by atomic mass is 10.1. The molecular weight excluding hydrogens is 338 g/mol. The number of benzene rings is 2. The highest BCUT2D eigenvalue weighted by molar-refractivity contribution is 6.31. The van der Waals surface area contributed by atoms with E-state index in [0.29, 0.717) is 18.2 Å². The van der Waals surface area contributed by atoms with Crippen molar-refractivity contribution in [3.8, 4) is 5.75 Å². The van der Waals surface area contributed by atoms with Crippen molar-refractivity contribution in [3.05, 3.63) is 64.4 Å². The number of fused-ring (bicyclic) bond motifs is 1. The molecule has 5 heteroatoms. The van der Waals surface area contributed by atoms with E-state index in [9.17, 15) is 4.79 Å². The molecule has 1 amide bonds. The molecule has 3 aromatic rings. The summed E-state index contributed by atoms with van der Waals surface area (Å²) in [5, 5.41) is 4.53. The number of carbonyl (C=O) groups is 1. The molecule has 0 aliphatic rings. The molecule has 25 heavy (non-hydrogen) atoms. The zero-order valence-electron chi connectivity index (χ0n) is 14.3. The summed E-state index contributed by atoms with van der Waals surface area (Å²) in [7, 11) is 0. The van der Waals surface area contributed by atoms with Crippen LogP contribution in [0, 0.1) is 6.92 Å². The van der Waals surface area contributed by atoms with Gasteiger partial charge in [0.25, 0.3) is 0 Å². The van der Waals surface area contributed by atoms with Crippen LogP contribution in [0.4, 0.5) is 0 Å². The molecule has 0 bridgehead atoms. The minimum atomic E-state index is -0.0294. The van der Waals surface area contributed by atoms with E-state index in [-0.39, 0.29) is 5.91 Å². The largest absolute Gasteiger partial charge is 0.489 e. The molecule has 0 aliphatic heterocycles. The number of hydrogen-bond acceptors (Lipinski definition) is 3.